The van der Waals surface area contributed by atoms with Gasteiger partial charge < -0.3 is 19.5 Å². The normalized spacial score (nSPS) is 11.5. The van der Waals surface area contributed by atoms with Gasteiger partial charge in [-0.2, -0.15) is 0 Å². The maximum atomic E-state index is 11.8. The third-order valence-corrected chi connectivity index (χ3v) is 4.30. The van der Waals surface area contributed by atoms with Crippen molar-refractivity contribution in [3.8, 4) is 11.5 Å². The van der Waals surface area contributed by atoms with Crippen LogP contribution in [0.25, 0.3) is 0 Å². The molecule has 0 spiro atoms. The van der Waals surface area contributed by atoms with Crippen molar-refractivity contribution in [1.29, 1.82) is 0 Å². The first-order chi connectivity index (χ1) is 11.4. The number of aryl methyl sites for hydroxylation is 1. The maximum absolute atomic E-state index is 11.8. The second-order valence-electron chi connectivity index (χ2n) is 5.15. The first-order valence-corrected chi connectivity index (χ1v) is 8.84. The predicted molar refractivity (Wildman–Crippen MR) is 94.7 cm³/mol. The summed E-state index contributed by atoms with van der Waals surface area (Å²) in [6.07, 6.45) is -0.777. The second kappa shape index (κ2) is 10.1. The molecule has 1 rings (SSSR count). The summed E-state index contributed by atoms with van der Waals surface area (Å²) in [5.74, 6) is 1.46. The van der Waals surface area contributed by atoms with Gasteiger partial charge in [0.05, 0.1) is 20.0 Å². The standard InChI is InChI=1S/C17H25NO5S/c1-6-18-17(20)12(3)23-16(19)10-24-9-13-8-15(22-5)14(21-4)7-11(13)2/h7-8,12H,6,9-10H2,1-5H3,(H,18,20)/t12-/m1/s1. The van der Waals surface area contributed by atoms with E-state index < -0.39 is 12.1 Å². The van der Waals surface area contributed by atoms with E-state index in [1.807, 2.05) is 26.0 Å². The molecule has 0 aliphatic carbocycles. The molecule has 0 saturated carbocycles. The number of amides is 1. The Hall–Kier alpha value is -1.89. The Morgan fingerprint density at radius 3 is 2.42 bits per heavy atom. The van der Waals surface area contributed by atoms with Crippen molar-refractivity contribution < 1.29 is 23.8 Å². The Morgan fingerprint density at radius 2 is 1.83 bits per heavy atom. The highest BCUT2D eigenvalue weighted by atomic mass is 32.2. The second-order valence-corrected chi connectivity index (χ2v) is 6.14. The molecule has 1 aromatic rings. The van der Waals surface area contributed by atoms with Gasteiger partial charge in [-0.05, 0) is 44.0 Å². The van der Waals surface area contributed by atoms with Gasteiger partial charge in [-0.15, -0.1) is 11.8 Å². The van der Waals surface area contributed by atoms with Gasteiger partial charge in [0.1, 0.15) is 0 Å². The van der Waals surface area contributed by atoms with Crippen molar-refractivity contribution in [2.24, 2.45) is 0 Å². The molecular weight excluding hydrogens is 330 g/mol. The SMILES string of the molecule is CCNC(=O)[C@@H](C)OC(=O)CSCc1cc(OC)c(OC)cc1C. The molecule has 0 aliphatic rings. The number of rotatable bonds is 9. The summed E-state index contributed by atoms with van der Waals surface area (Å²) >= 11 is 1.43. The van der Waals surface area contributed by atoms with Crippen LogP contribution in [0.2, 0.25) is 0 Å². The lowest BCUT2D eigenvalue weighted by Gasteiger charge is -2.14. The molecule has 134 valence electrons. The number of carbonyl (C=O) groups excluding carboxylic acids is 2. The number of thioether (sulfide) groups is 1. The fourth-order valence-corrected chi connectivity index (χ4v) is 2.89. The average Bonchev–Trinajstić information content (AvgIpc) is 2.55. The molecule has 1 amide bonds. The van der Waals surface area contributed by atoms with Crippen molar-refractivity contribution in [2.45, 2.75) is 32.6 Å². The van der Waals surface area contributed by atoms with E-state index >= 15 is 0 Å². The summed E-state index contributed by atoms with van der Waals surface area (Å²) in [5.41, 5.74) is 2.12. The van der Waals surface area contributed by atoms with E-state index in [1.165, 1.54) is 11.8 Å². The highest BCUT2D eigenvalue weighted by Crippen LogP contribution is 2.31. The van der Waals surface area contributed by atoms with Crippen LogP contribution >= 0.6 is 11.8 Å². The number of carbonyl (C=O) groups is 2. The molecule has 0 bridgehead atoms. The lowest BCUT2D eigenvalue weighted by Crippen LogP contribution is -2.35. The Morgan fingerprint density at radius 1 is 1.21 bits per heavy atom. The molecule has 0 heterocycles. The van der Waals surface area contributed by atoms with Crippen LogP contribution in [0.4, 0.5) is 0 Å². The highest BCUT2D eigenvalue weighted by Gasteiger charge is 2.17. The average molecular weight is 355 g/mol. The van der Waals surface area contributed by atoms with Gasteiger partial charge in [-0.3, -0.25) is 9.59 Å². The third-order valence-electron chi connectivity index (χ3n) is 3.35. The first-order valence-electron chi connectivity index (χ1n) is 7.69. The highest BCUT2D eigenvalue weighted by molar-refractivity contribution is 7.99. The number of methoxy groups -OCH3 is 2. The van der Waals surface area contributed by atoms with Crippen LogP contribution in [0.1, 0.15) is 25.0 Å². The topological polar surface area (TPSA) is 73.9 Å². The smallest absolute Gasteiger partial charge is 0.316 e. The molecular formula is C17H25NO5S. The summed E-state index contributed by atoms with van der Waals surface area (Å²) in [4.78, 5) is 23.3. The summed E-state index contributed by atoms with van der Waals surface area (Å²) in [5, 5.41) is 2.61. The minimum Gasteiger partial charge on any atom is -0.493 e. The lowest BCUT2D eigenvalue weighted by molar-refractivity contribution is -0.152. The summed E-state index contributed by atoms with van der Waals surface area (Å²) in [6.45, 7) is 5.86. The maximum Gasteiger partial charge on any atom is 0.316 e. The Bertz CT molecular complexity index is 576. The van der Waals surface area contributed by atoms with Crippen LogP contribution in [0.5, 0.6) is 11.5 Å². The summed E-state index contributed by atoms with van der Waals surface area (Å²) in [6, 6.07) is 3.81. The number of likely N-dealkylation sites (N-methyl/N-ethyl adjacent to an activating group) is 1. The zero-order chi connectivity index (χ0) is 18.1. The van der Waals surface area contributed by atoms with Crippen LogP contribution < -0.4 is 14.8 Å². The number of hydrogen-bond donors (Lipinski definition) is 1. The van der Waals surface area contributed by atoms with Crippen LogP contribution in [0.3, 0.4) is 0 Å². The molecule has 0 saturated heterocycles. The van der Waals surface area contributed by atoms with Gasteiger partial charge >= 0.3 is 5.97 Å². The van der Waals surface area contributed by atoms with Gasteiger partial charge in [0.15, 0.2) is 17.6 Å². The Labute approximate surface area is 147 Å². The van der Waals surface area contributed by atoms with Crippen LogP contribution in [0, 0.1) is 6.92 Å². The largest absolute Gasteiger partial charge is 0.493 e. The Kier molecular flexibility index (Phi) is 8.46. The summed E-state index contributed by atoms with van der Waals surface area (Å²) in [7, 11) is 3.18. The molecule has 1 aromatic carbocycles. The summed E-state index contributed by atoms with van der Waals surface area (Å²) < 4.78 is 15.6. The molecule has 0 radical (unpaired) electrons. The fraction of sp³-hybridized carbons (Fsp3) is 0.529. The zero-order valence-corrected chi connectivity index (χ0v) is 15.6. The van der Waals surface area contributed by atoms with Gasteiger partial charge in [-0.25, -0.2) is 0 Å². The van der Waals surface area contributed by atoms with E-state index in [4.69, 9.17) is 14.2 Å². The Balaban J connectivity index is 2.52. The van der Waals surface area contributed by atoms with E-state index in [2.05, 4.69) is 5.32 Å². The molecule has 0 fully saturated rings. The van der Waals surface area contributed by atoms with Crippen molar-refractivity contribution in [3.63, 3.8) is 0 Å². The van der Waals surface area contributed by atoms with Crippen molar-refractivity contribution in [3.05, 3.63) is 23.3 Å². The van der Waals surface area contributed by atoms with Crippen molar-refractivity contribution >= 4 is 23.6 Å². The van der Waals surface area contributed by atoms with E-state index in [9.17, 15) is 9.59 Å². The number of ether oxygens (including phenoxy) is 3. The van der Waals surface area contributed by atoms with Gasteiger partial charge in [0, 0.05) is 12.3 Å². The lowest BCUT2D eigenvalue weighted by atomic mass is 10.1. The first kappa shape index (κ1) is 20.2. The monoisotopic (exact) mass is 355 g/mol. The molecule has 0 aromatic heterocycles. The molecule has 7 heteroatoms. The van der Waals surface area contributed by atoms with E-state index in [-0.39, 0.29) is 11.7 Å². The minimum atomic E-state index is -0.777. The van der Waals surface area contributed by atoms with Crippen molar-refractivity contribution in [2.75, 3.05) is 26.5 Å². The molecule has 0 aliphatic heterocycles. The van der Waals surface area contributed by atoms with E-state index in [0.717, 1.165) is 11.1 Å². The quantitative estimate of drug-likeness (QED) is 0.685. The number of nitrogens with one attached hydrogen (secondary N) is 1. The number of esters is 1. The number of hydrogen-bond acceptors (Lipinski definition) is 6. The van der Waals surface area contributed by atoms with Gasteiger partial charge in [0.2, 0.25) is 0 Å². The molecule has 6 nitrogen and oxygen atoms in total. The fourth-order valence-electron chi connectivity index (χ4n) is 2.03. The predicted octanol–water partition coefficient (Wildman–Crippen LogP) is 2.31. The van der Waals surface area contributed by atoms with Crippen molar-refractivity contribution in [1.82, 2.24) is 5.32 Å². The number of benzene rings is 1. The van der Waals surface area contributed by atoms with Crippen LogP contribution in [0.15, 0.2) is 12.1 Å². The third kappa shape index (κ3) is 5.96. The molecule has 24 heavy (non-hydrogen) atoms. The van der Waals surface area contributed by atoms with Crippen LogP contribution in [-0.4, -0.2) is 44.5 Å². The molecule has 1 N–H and O–H groups in total. The minimum absolute atomic E-state index is 0.178. The van der Waals surface area contributed by atoms with E-state index in [1.54, 1.807) is 21.1 Å². The van der Waals surface area contributed by atoms with E-state index in [0.29, 0.717) is 23.8 Å². The molecule has 0 unspecified atom stereocenters. The van der Waals surface area contributed by atoms with Gasteiger partial charge in [-0.1, -0.05) is 0 Å². The van der Waals surface area contributed by atoms with Crippen LogP contribution in [-0.2, 0) is 20.1 Å². The van der Waals surface area contributed by atoms with Gasteiger partial charge in [0.25, 0.3) is 5.91 Å². The molecule has 1 atom stereocenters. The zero-order valence-electron chi connectivity index (χ0n) is 14.8.